The van der Waals surface area contributed by atoms with Gasteiger partial charge in [0.25, 0.3) is 0 Å². The van der Waals surface area contributed by atoms with Gasteiger partial charge in [0, 0.05) is 16.7 Å². The zero-order valence-corrected chi connectivity index (χ0v) is 13.4. The molecule has 1 aliphatic rings. The van der Waals surface area contributed by atoms with Crippen molar-refractivity contribution in [1.82, 2.24) is 0 Å². The highest BCUT2D eigenvalue weighted by Gasteiger charge is 2.44. The number of methoxy groups -OCH3 is 1. The third kappa shape index (κ3) is 3.90. The van der Waals surface area contributed by atoms with E-state index in [0.29, 0.717) is 6.42 Å². The number of carbonyl (C=O) groups is 1. The maximum atomic E-state index is 11.4. The molecule has 0 saturated heterocycles. The second-order valence-corrected chi connectivity index (χ2v) is 6.94. The highest BCUT2D eigenvalue weighted by atomic mass is 35.5. The van der Waals surface area contributed by atoms with E-state index < -0.39 is 0 Å². The molecule has 1 aromatic carbocycles. The molecular formula is C15H20ClNO2S. The third-order valence-electron chi connectivity index (χ3n) is 3.72. The molecular weight excluding hydrogens is 294 g/mol. The van der Waals surface area contributed by atoms with Gasteiger partial charge in [-0.2, -0.15) is 0 Å². The van der Waals surface area contributed by atoms with Crippen LogP contribution in [0.25, 0.3) is 0 Å². The summed E-state index contributed by atoms with van der Waals surface area (Å²) in [5, 5.41) is 0.735. The van der Waals surface area contributed by atoms with Gasteiger partial charge in [0.2, 0.25) is 0 Å². The molecule has 1 aromatic rings. The van der Waals surface area contributed by atoms with E-state index in [9.17, 15) is 4.79 Å². The molecule has 1 atom stereocenters. The molecule has 1 saturated carbocycles. The van der Waals surface area contributed by atoms with Crippen LogP contribution in [0.3, 0.4) is 0 Å². The Labute approximate surface area is 129 Å². The van der Waals surface area contributed by atoms with Crippen LogP contribution in [0.1, 0.15) is 37.8 Å². The number of esters is 1. The number of benzene rings is 1. The fourth-order valence-corrected chi connectivity index (χ4v) is 3.64. The van der Waals surface area contributed by atoms with Gasteiger partial charge in [-0.1, -0.05) is 17.7 Å². The Morgan fingerprint density at radius 3 is 2.75 bits per heavy atom. The minimum Gasteiger partial charge on any atom is -0.469 e. The molecule has 3 nitrogen and oxygen atoms in total. The average molecular weight is 314 g/mol. The number of carbonyl (C=O) groups excluding carboxylic acids is 1. The first-order valence-electron chi connectivity index (χ1n) is 6.70. The first-order valence-corrected chi connectivity index (χ1v) is 8.07. The Morgan fingerprint density at radius 1 is 1.55 bits per heavy atom. The standard InChI is InChI=1S/C15H20ClNO2S/c1-10(17)11-3-4-13(12(16)7-11)20-9-15(5-6-15)8-14(18)19-2/h3-4,7,10H,5-6,8-9,17H2,1-2H3/t10-/m0/s1. The van der Waals surface area contributed by atoms with Gasteiger partial charge >= 0.3 is 5.97 Å². The molecule has 0 unspecified atom stereocenters. The van der Waals surface area contributed by atoms with Crippen molar-refractivity contribution in [3.63, 3.8) is 0 Å². The summed E-state index contributed by atoms with van der Waals surface area (Å²) in [6, 6.07) is 5.94. The van der Waals surface area contributed by atoms with Crippen molar-refractivity contribution in [2.45, 2.75) is 37.1 Å². The fourth-order valence-electron chi connectivity index (χ4n) is 2.08. The fraction of sp³-hybridized carbons (Fsp3) is 0.533. The van der Waals surface area contributed by atoms with Gasteiger partial charge in [-0.15, -0.1) is 11.8 Å². The van der Waals surface area contributed by atoms with Crippen molar-refractivity contribution in [3.8, 4) is 0 Å². The molecule has 1 fully saturated rings. The van der Waals surface area contributed by atoms with Crippen molar-refractivity contribution >= 4 is 29.3 Å². The third-order valence-corrected chi connectivity index (χ3v) is 5.57. The van der Waals surface area contributed by atoms with Gasteiger partial charge in [0.15, 0.2) is 0 Å². The van der Waals surface area contributed by atoms with E-state index in [-0.39, 0.29) is 17.4 Å². The molecule has 0 bridgehead atoms. The smallest absolute Gasteiger partial charge is 0.306 e. The predicted octanol–water partition coefficient (Wildman–Crippen LogP) is 3.80. The summed E-state index contributed by atoms with van der Waals surface area (Å²) in [7, 11) is 1.44. The second kappa shape index (κ2) is 6.37. The van der Waals surface area contributed by atoms with Gasteiger partial charge in [-0.25, -0.2) is 0 Å². The Kier molecular flexibility index (Phi) is 4.99. The Bertz CT molecular complexity index is 501. The first-order chi connectivity index (χ1) is 9.46. The number of hydrogen-bond donors (Lipinski definition) is 1. The average Bonchev–Trinajstić information content (AvgIpc) is 3.17. The van der Waals surface area contributed by atoms with Gasteiger partial charge in [-0.3, -0.25) is 4.79 Å². The number of ether oxygens (including phenoxy) is 1. The molecule has 0 radical (unpaired) electrons. The lowest BCUT2D eigenvalue weighted by atomic mass is 10.1. The molecule has 0 aromatic heterocycles. The van der Waals surface area contributed by atoms with E-state index in [1.54, 1.807) is 11.8 Å². The van der Waals surface area contributed by atoms with Crippen molar-refractivity contribution in [2.24, 2.45) is 11.1 Å². The zero-order valence-electron chi connectivity index (χ0n) is 11.8. The van der Waals surface area contributed by atoms with E-state index in [1.807, 2.05) is 25.1 Å². The molecule has 0 heterocycles. The predicted molar refractivity (Wildman–Crippen MR) is 83.1 cm³/mol. The zero-order chi connectivity index (χ0) is 14.8. The van der Waals surface area contributed by atoms with Crippen LogP contribution < -0.4 is 5.73 Å². The molecule has 2 N–H and O–H groups in total. The van der Waals surface area contributed by atoms with Crippen LogP contribution in [0.4, 0.5) is 0 Å². The molecule has 0 spiro atoms. The largest absolute Gasteiger partial charge is 0.469 e. The molecule has 5 heteroatoms. The lowest BCUT2D eigenvalue weighted by Gasteiger charge is -2.14. The Morgan fingerprint density at radius 2 is 2.25 bits per heavy atom. The van der Waals surface area contributed by atoms with Crippen LogP contribution in [0.5, 0.6) is 0 Å². The highest BCUT2D eigenvalue weighted by Crippen LogP contribution is 2.52. The van der Waals surface area contributed by atoms with Crippen LogP contribution in [0.15, 0.2) is 23.1 Å². The molecule has 1 aliphatic carbocycles. The summed E-state index contributed by atoms with van der Waals surface area (Å²) in [4.78, 5) is 12.4. The van der Waals surface area contributed by atoms with E-state index in [1.165, 1.54) is 7.11 Å². The lowest BCUT2D eigenvalue weighted by Crippen LogP contribution is -2.13. The lowest BCUT2D eigenvalue weighted by molar-refractivity contribution is -0.141. The molecule has 0 amide bonds. The minimum absolute atomic E-state index is 0.0133. The van der Waals surface area contributed by atoms with Crippen molar-refractivity contribution < 1.29 is 9.53 Å². The number of nitrogens with two attached hydrogens (primary N) is 1. The minimum atomic E-state index is -0.124. The van der Waals surface area contributed by atoms with Gasteiger partial charge in [0.05, 0.1) is 18.6 Å². The van der Waals surface area contributed by atoms with Crippen LogP contribution in [0.2, 0.25) is 5.02 Å². The summed E-state index contributed by atoms with van der Waals surface area (Å²) < 4.78 is 4.76. The van der Waals surface area contributed by atoms with Crippen molar-refractivity contribution in [3.05, 3.63) is 28.8 Å². The van der Waals surface area contributed by atoms with E-state index in [2.05, 4.69) is 0 Å². The van der Waals surface area contributed by atoms with Crippen LogP contribution in [0, 0.1) is 5.41 Å². The van der Waals surface area contributed by atoms with Crippen LogP contribution in [-0.4, -0.2) is 18.8 Å². The normalized spacial score (nSPS) is 17.6. The van der Waals surface area contributed by atoms with Gasteiger partial charge in [0.1, 0.15) is 0 Å². The van der Waals surface area contributed by atoms with E-state index >= 15 is 0 Å². The molecule has 110 valence electrons. The monoisotopic (exact) mass is 313 g/mol. The number of thioether (sulfide) groups is 1. The van der Waals surface area contributed by atoms with Gasteiger partial charge < -0.3 is 10.5 Å². The van der Waals surface area contributed by atoms with Gasteiger partial charge in [-0.05, 0) is 42.9 Å². The number of rotatable bonds is 6. The topological polar surface area (TPSA) is 52.3 Å². The Hall–Kier alpha value is -0.710. The summed E-state index contributed by atoms with van der Waals surface area (Å²) in [6.07, 6.45) is 2.68. The highest BCUT2D eigenvalue weighted by molar-refractivity contribution is 7.99. The SMILES string of the molecule is COC(=O)CC1(CSc2ccc([C@H](C)N)cc2Cl)CC1. The molecule has 20 heavy (non-hydrogen) atoms. The molecule has 2 rings (SSSR count). The van der Waals surface area contributed by atoms with Crippen LogP contribution in [-0.2, 0) is 9.53 Å². The van der Waals surface area contributed by atoms with Crippen molar-refractivity contribution in [2.75, 3.05) is 12.9 Å². The first kappa shape index (κ1) is 15.7. The number of halogens is 1. The quantitative estimate of drug-likeness (QED) is 0.641. The summed E-state index contributed by atoms with van der Waals surface area (Å²) in [5.74, 6) is 0.779. The number of hydrogen-bond acceptors (Lipinski definition) is 4. The van der Waals surface area contributed by atoms with E-state index in [4.69, 9.17) is 22.1 Å². The summed E-state index contributed by atoms with van der Waals surface area (Å²) >= 11 is 8.00. The second-order valence-electron chi connectivity index (χ2n) is 5.52. The maximum absolute atomic E-state index is 11.4. The summed E-state index contributed by atoms with van der Waals surface area (Å²) in [5.41, 5.74) is 6.99. The van der Waals surface area contributed by atoms with Crippen molar-refractivity contribution in [1.29, 1.82) is 0 Å². The maximum Gasteiger partial charge on any atom is 0.306 e. The molecule has 0 aliphatic heterocycles. The van der Waals surface area contributed by atoms with E-state index in [0.717, 1.165) is 34.1 Å². The van der Waals surface area contributed by atoms with Crippen LogP contribution >= 0.6 is 23.4 Å². The summed E-state index contributed by atoms with van der Waals surface area (Å²) in [6.45, 7) is 1.94. The Balaban J connectivity index is 1.96.